The van der Waals surface area contributed by atoms with Crippen molar-refractivity contribution in [3.05, 3.63) is 29.1 Å². The fraction of sp³-hybridized carbons (Fsp3) is 0.222. The molecule has 0 aromatic carbocycles. The summed E-state index contributed by atoms with van der Waals surface area (Å²) in [6, 6.07) is 1.64. The summed E-state index contributed by atoms with van der Waals surface area (Å²) in [6.45, 7) is 0. The predicted molar refractivity (Wildman–Crippen MR) is 45.2 cm³/mol. The first-order valence-electron chi connectivity index (χ1n) is 3.93. The number of nitrogens with zero attached hydrogens (tertiary/aromatic N) is 2. The second-order valence-electron chi connectivity index (χ2n) is 2.74. The molecule has 6 heteroatoms. The van der Waals surface area contributed by atoms with E-state index < -0.39 is 24.4 Å². The average molecular weight is 212 g/mol. The van der Waals surface area contributed by atoms with Crippen LogP contribution < -0.4 is 0 Å². The summed E-state index contributed by atoms with van der Waals surface area (Å²) in [6.07, 6.45) is -1.49. The second kappa shape index (κ2) is 4.46. The van der Waals surface area contributed by atoms with E-state index in [1.165, 1.54) is 0 Å². The van der Waals surface area contributed by atoms with Gasteiger partial charge in [0.25, 0.3) is 6.43 Å². The number of pyridine rings is 1. The Morgan fingerprint density at radius 3 is 2.73 bits per heavy atom. The van der Waals surface area contributed by atoms with Gasteiger partial charge in [-0.3, -0.25) is 9.78 Å². The molecule has 0 amide bonds. The van der Waals surface area contributed by atoms with Crippen molar-refractivity contribution in [1.82, 2.24) is 4.98 Å². The molecule has 1 aromatic heterocycles. The summed E-state index contributed by atoms with van der Waals surface area (Å²) in [5.41, 5.74) is -0.804. The zero-order chi connectivity index (χ0) is 11.4. The standard InChI is InChI=1S/C9H6F2N2O2/c10-9(11)7-4-13-3-5(2-12)6(7)1-8(14)15/h3-4,9H,1H2,(H,14,15). The number of halogens is 2. The number of alkyl halides is 2. The Kier molecular flexibility index (Phi) is 3.29. The number of aliphatic carboxylic acids is 1. The molecular formula is C9H6F2N2O2. The van der Waals surface area contributed by atoms with Crippen LogP contribution >= 0.6 is 0 Å². The second-order valence-corrected chi connectivity index (χ2v) is 2.74. The van der Waals surface area contributed by atoms with Crippen molar-refractivity contribution in [1.29, 1.82) is 5.26 Å². The van der Waals surface area contributed by atoms with Crippen molar-refractivity contribution in [2.24, 2.45) is 0 Å². The highest BCUT2D eigenvalue weighted by molar-refractivity contribution is 5.72. The minimum absolute atomic E-state index is 0.129. The number of carboxylic acids is 1. The SMILES string of the molecule is N#Cc1cncc(C(F)F)c1CC(=O)O. The van der Waals surface area contributed by atoms with Crippen LogP contribution in [-0.4, -0.2) is 16.1 Å². The topological polar surface area (TPSA) is 74.0 Å². The molecule has 0 saturated heterocycles. The lowest BCUT2D eigenvalue weighted by Gasteiger charge is -2.07. The van der Waals surface area contributed by atoms with Crippen LogP contribution in [0, 0.1) is 11.3 Å². The molecule has 0 spiro atoms. The monoisotopic (exact) mass is 212 g/mol. The number of rotatable bonds is 3. The van der Waals surface area contributed by atoms with Gasteiger partial charge in [0.15, 0.2) is 0 Å². The molecule has 4 nitrogen and oxygen atoms in total. The number of hydrogen-bond acceptors (Lipinski definition) is 3. The maximum absolute atomic E-state index is 12.5. The van der Waals surface area contributed by atoms with Crippen LogP contribution in [0.5, 0.6) is 0 Å². The van der Waals surface area contributed by atoms with Gasteiger partial charge in [-0.15, -0.1) is 0 Å². The van der Waals surface area contributed by atoms with Gasteiger partial charge in [0, 0.05) is 18.0 Å². The van der Waals surface area contributed by atoms with Gasteiger partial charge in [-0.2, -0.15) is 5.26 Å². The Hall–Kier alpha value is -2.03. The normalized spacial score (nSPS) is 10.0. The highest BCUT2D eigenvalue weighted by Gasteiger charge is 2.18. The summed E-state index contributed by atoms with van der Waals surface area (Å²) in [7, 11) is 0. The van der Waals surface area contributed by atoms with Crippen LogP contribution in [0.25, 0.3) is 0 Å². The van der Waals surface area contributed by atoms with E-state index in [9.17, 15) is 13.6 Å². The number of aromatic nitrogens is 1. The summed E-state index contributed by atoms with van der Waals surface area (Å²) >= 11 is 0. The van der Waals surface area contributed by atoms with E-state index in [4.69, 9.17) is 10.4 Å². The highest BCUT2D eigenvalue weighted by Crippen LogP contribution is 2.24. The molecule has 0 aliphatic carbocycles. The lowest BCUT2D eigenvalue weighted by molar-refractivity contribution is -0.136. The zero-order valence-electron chi connectivity index (χ0n) is 7.44. The third-order valence-corrected chi connectivity index (χ3v) is 1.77. The molecule has 0 atom stereocenters. The van der Waals surface area contributed by atoms with Crippen molar-refractivity contribution in [2.75, 3.05) is 0 Å². The first kappa shape index (κ1) is 11.0. The number of carboxylic acid groups (broad SMARTS) is 1. The van der Waals surface area contributed by atoms with Crippen LogP contribution in [0.15, 0.2) is 12.4 Å². The summed E-state index contributed by atoms with van der Waals surface area (Å²) in [5, 5.41) is 17.1. The highest BCUT2D eigenvalue weighted by atomic mass is 19.3. The molecule has 0 fully saturated rings. The van der Waals surface area contributed by atoms with Gasteiger partial charge in [0.1, 0.15) is 6.07 Å². The molecule has 0 bridgehead atoms. The van der Waals surface area contributed by atoms with Crippen molar-refractivity contribution in [3.8, 4) is 6.07 Å². The van der Waals surface area contributed by atoms with Crippen LogP contribution in [-0.2, 0) is 11.2 Å². The molecule has 78 valence electrons. The molecule has 0 saturated carbocycles. The Bertz CT molecular complexity index is 427. The van der Waals surface area contributed by atoms with Crippen LogP contribution in [0.4, 0.5) is 8.78 Å². The molecule has 15 heavy (non-hydrogen) atoms. The van der Waals surface area contributed by atoms with Crippen molar-refractivity contribution < 1.29 is 18.7 Å². The molecular weight excluding hydrogens is 206 g/mol. The molecule has 1 aromatic rings. The number of hydrogen-bond donors (Lipinski definition) is 1. The van der Waals surface area contributed by atoms with Gasteiger partial charge in [-0.05, 0) is 5.56 Å². The molecule has 0 aliphatic rings. The molecule has 1 heterocycles. The van der Waals surface area contributed by atoms with Gasteiger partial charge in [-0.25, -0.2) is 8.78 Å². The third kappa shape index (κ3) is 2.47. The van der Waals surface area contributed by atoms with Gasteiger partial charge in [0.05, 0.1) is 12.0 Å². The van der Waals surface area contributed by atoms with E-state index in [-0.39, 0.29) is 11.1 Å². The Balaban J connectivity index is 3.28. The van der Waals surface area contributed by atoms with Crippen LogP contribution in [0.3, 0.4) is 0 Å². The third-order valence-electron chi connectivity index (χ3n) is 1.77. The maximum Gasteiger partial charge on any atom is 0.307 e. The van der Waals surface area contributed by atoms with E-state index in [0.29, 0.717) is 0 Å². The summed E-state index contributed by atoms with van der Waals surface area (Å²) in [5.74, 6) is -1.26. The smallest absolute Gasteiger partial charge is 0.307 e. The fourth-order valence-corrected chi connectivity index (χ4v) is 1.14. The van der Waals surface area contributed by atoms with E-state index in [1.807, 2.05) is 0 Å². The average Bonchev–Trinajstić information content (AvgIpc) is 2.16. The number of carbonyl (C=O) groups is 1. The minimum atomic E-state index is -2.83. The quantitative estimate of drug-likeness (QED) is 0.824. The van der Waals surface area contributed by atoms with E-state index in [0.717, 1.165) is 12.4 Å². The first-order valence-corrected chi connectivity index (χ1v) is 3.93. The van der Waals surface area contributed by atoms with E-state index in [1.54, 1.807) is 6.07 Å². The Morgan fingerprint density at radius 2 is 2.27 bits per heavy atom. The summed E-state index contributed by atoms with van der Waals surface area (Å²) in [4.78, 5) is 13.9. The maximum atomic E-state index is 12.5. The lowest BCUT2D eigenvalue weighted by atomic mass is 10.0. The Labute approximate surface area is 83.8 Å². The van der Waals surface area contributed by atoms with Crippen molar-refractivity contribution >= 4 is 5.97 Å². The minimum Gasteiger partial charge on any atom is -0.481 e. The first-order chi connectivity index (χ1) is 7.06. The van der Waals surface area contributed by atoms with Crippen LogP contribution in [0.2, 0.25) is 0 Å². The van der Waals surface area contributed by atoms with Crippen molar-refractivity contribution in [2.45, 2.75) is 12.8 Å². The Morgan fingerprint density at radius 1 is 1.60 bits per heavy atom. The molecule has 0 aliphatic heterocycles. The summed E-state index contributed by atoms with van der Waals surface area (Å²) < 4.78 is 24.9. The van der Waals surface area contributed by atoms with E-state index in [2.05, 4.69) is 4.98 Å². The fourth-order valence-electron chi connectivity index (χ4n) is 1.14. The zero-order valence-corrected chi connectivity index (χ0v) is 7.44. The predicted octanol–water partition coefficient (Wildman–Crippen LogP) is 1.52. The largest absolute Gasteiger partial charge is 0.481 e. The number of nitriles is 1. The molecule has 1 rings (SSSR count). The van der Waals surface area contributed by atoms with Gasteiger partial charge >= 0.3 is 5.97 Å². The van der Waals surface area contributed by atoms with Gasteiger partial charge < -0.3 is 5.11 Å². The molecule has 0 radical (unpaired) electrons. The van der Waals surface area contributed by atoms with Crippen molar-refractivity contribution in [3.63, 3.8) is 0 Å². The van der Waals surface area contributed by atoms with Gasteiger partial charge in [-0.1, -0.05) is 0 Å². The van der Waals surface area contributed by atoms with Crippen LogP contribution in [0.1, 0.15) is 23.1 Å². The molecule has 1 N–H and O–H groups in total. The van der Waals surface area contributed by atoms with Gasteiger partial charge in [0.2, 0.25) is 0 Å². The molecule has 0 unspecified atom stereocenters. The van der Waals surface area contributed by atoms with E-state index >= 15 is 0 Å². The lowest BCUT2D eigenvalue weighted by Crippen LogP contribution is -2.07.